The number of hydrogen-bond acceptors (Lipinski definition) is 4. The van der Waals surface area contributed by atoms with E-state index in [1.807, 2.05) is 6.07 Å². The monoisotopic (exact) mass is 355 g/mol. The number of hydrogen-bond donors (Lipinski definition) is 2. The molecule has 0 unspecified atom stereocenters. The van der Waals surface area contributed by atoms with Gasteiger partial charge in [-0.2, -0.15) is 0 Å². The number of benzene rings is 1. The molecule has 0 fully saturated rings. The molecule has 2 N–H and O–H groups in total. The number of H-pyrrole nitrogens is 1. The number of nitrogens with zero attached hydrogens (tertiary/aromatic N) is 1. The van der Waals surface area contributed by atoms with Crippen LogP contribution in [0.15, 0.2) is 40.6 Å². The Morgan fingerprint density at radius 3 is 2.64 bits per heavy atom. The highest BCUT2D eigenvalue weighted by atomic mass is 32.1. The van der Waals surface area contributed by atoms with E-state index in [2.05, 4.69) is 41.4 Å². The minimum absolute atomic E-state index is 0.0345. The summed E-state index contributed by atoms with van der Waals surface area (Å²) in [7, 11) is 0. The van der Waals surface area contributed by atoms with E-state index in [9.17, 15) is 9.59 Å². The second kappa shape index (κ2) is 6.80. The summed E-state index contributed by atoms with van der Waals surface area (Å²) in [5.74, 6) is -0.194. The summed E-state index contributed by atoms with van der Waals surface area (Å²) >= 11 is 1.62. The SMILES string of the molecule is CC(C)(C)c1csc(CCNC(=O)c2c[nH]c(=O)c3ccccc23)n1. The smallest absolute Gasteiger partial charge is 0.255 e. The van der Waals surface area contributed by atoms with Gasteiger partial charge in [-0.25, -0.2) is 4.98 Å². The van der Waals surface area contributed by atoms with Crippen LogP contribution in [-0.2, 0) is 11.8 Å². The van der Waals surface area contributed by atoms with Gasteiger partial charge in [0.15, 0.2) is 0 Å². The zero-order valence-corrected chi connectivity index (χ0v) is 15.4. The number of aromatic amines is 1. The van der Waals surface area contributed by atoms with E-state index in [1.165, 1.54) is 6.20 Å². The van der Waals surface area contributed by atoms with E-state index in [1.54, 1.807) is 29.5 Å². The molecule has 0 atom stereocenters. The Bertz CT molecular complexity index is 966. The number of rotatable bonds is 4. The number of carbonyl (C=O) groups is 1. The predicted molar refractivity (Wildman–Crippen MR) is 101 cm³/mol. The van der Waals surface area contributed by atoms with Gasteiger partial charge in [-0.15, -0.1) is 11.3 Å². The van der Waals surface area contributed by atoms with E-state index in [4.69, 9.17) is 0 Å². The van der Waals surface area contributed by atoms with Crippen LogP contribution in [0.2, 0.25) is 0 Å². The number of thiazole rings is 1. The molecule has 6 heteroatoms. The Morgan fingerprint density at radius 1 is 1.24 bits per heavy atom. The van der Waals surface area contributed by atoms with Crippen molar-refractivity contribution in [3.05, 3.63) is 62.5 Å². The summed E-state index contributed by atoms with van der Waals surface area (Å²) < 4.78 is 0. The normalized spacial score (nSPS) is 11.6. The van der Waals surface area contributed by atoms with Gasteiger partial charge in [-0.3, -0.25) is 9.59 Å². The van der Waals surface area contributed by atoms with Crippen molar-refractivity contribution in [1.82, 2.24) is 15.3 Å². The van der Waals surface area contributed by atoms with Crippen LogP contribution >= 0.6 is 11.3 Å². The van der Waals surface area contributed by atoms with Crippen molar-refractivity contribution in [2.24, 2.45) is 0 Å². The molecule has 1 aromatic carbocycles. The molecule has 5 nitrogen and oxygen atoms in total. The average molecular weight is 355 g/mol. The third-order valence-electron chi connectivity index (χ3n) is 4.00. The minimum atomic E-state index is -0.194. The molecule has 0 bridgehead atoms. The third kappa shape index (κ3) is 3.79. The zero-order valence-electron chi connectivity index (χ0n) is 14.6. The fraction of sp³-hybridized carbons (Fsp3) is 0.316. The molecule has 0 aliphatic rings. The lowest BCUT2D eigenvalue weighted by molar-refractivity contribution is 0.0955. The summed E-state index contributed by atoms with van der Waals surface area (Å²) in [6.45, 7) is 6.90. The molecular weight excluding hydrogens is 334 g/mol. The molecule has 0 spiro atoms. The average Bonchev–Trinajstić information content (AvgIpc) is 3.04. The van der Waals surface area contributed by atoms with Crippen molar-refractivity contribution in [3.8, 4) is 0 Å². The maximum atomic E-state index is 12.5. The summed E-state index contributed by atoms with van der Waals surface area (Å²) in [5, 5.41) is 7.18. The van der Waals surface area contributed by atoms with Gasteiger partial charge in [0.1, 0.15) is 0 Å². The van der Waals surface area contributed by atoms with E-state index in [0.717, 1.165) is 10.7 Å². The van der Waals surface area contributed by atoms with Gasteiger partial charge < -0.3 is 10.3 Å². The van der Waals surface area contributed by atoms with Crippen LogP contribution in [0.4, 0.5) is 0 Å². The minimum Gasteiger partial charge on any atom is -0.352 e. The van der Waals surface area contributed by atoms with Crippen molar-refractivity contribution in [2.45, 2.75) is 32.6 Å². The van der Waals surface area contributed by atoms with E-state index >= 15 is 0 Å². The van der Waals surface area contributed by atoms with Crippen molar-refractivity contribution in [1.29, 1.82) is 0 Å². The summed E-state index contributed by atoms with van der Waals surface area (Å²) in [6.07, 6.45) is 2.16. The van der Waals surface area contributed by atoms with Crippen LogP contribution in [-0.4, -0.2) is 22.4 Å². The fourth-order valence-corrected chi connectivity index (χ4v) is 3.57. The van der Waals surface area contributed by atoms with Gasteiger partial charge >= 0.3 is 0 Å². The maximum absolute atomic E-state index is 12.5. The molecule has 0 radical (unpaired) electrons. The third-order valence-corrected chi connectivity index (χ3v) is 4.91. The quantitative estimate of drug-likeness (QED) is 0.754. The molecule has 1 amide bonds. The molecule has 0 aliphatic heterocycles. The van der Waals surface area contributed by atoms with Crippen LogP contribution < -0.4 is 10.9 Å². The Labute approximate surface area is 150 Å². The largest absolute Gasteiger partial charge is 0.352 e. The lowest BCUT2D eigenvalue weighted by Gasteiger charge is -2.14. The number of pyridine rings is 1. The standard InChI is InChI=1S/C19H21N3O2S/c1-19(2,3)15-11-25-16(22-15)8-9-20-18(24)14-10-21-17(23)13-7-5-4-6-12(13)14/h4-7,10-11H,8-9H2,1-3H3,(H,20,24)(H,21,23). The van der Waals surface area contributed by atoms with Crippen LogP contribution in [0.3, 0.4) is 0 Å². The Balaban J connectivity index is 1.69. The second-order valence-electron chi connectivity index (χ2n) is 6.96. The molecule has 2 aromatic heterocycles. The van der Waals surface area contributed by atoms with E-state index < -0.39 is 0 Å². The van der Waals surface area contributed by atoms with Crippen molar-refractivity contribution < 1.29 is 4.79 Å². The lowest BCUT2D eigenvalue weighted by Crippen LogP contribution is -2.27. The molecule has 0 aliphatic carbocycles. The first-order chi connectivity index (χ1) is 11.9. The maximum Gasteiger partial charge on any atom is 0.255 e. The van der Waals surface area contributed by atoms with Crippen molar-refractivity contribution in [3.63, 3.8) is 0 Å². The van der Waals surface area contributed by atoms with Crippen LogP contribution in [0.25, 0.3) is 10.8 Å². The number of fused-ring (bicyclic) bond motifs is 1. The molecule has 2 heterocycles. The van der Waals surface area contributed by atoms with E-state index in [-0.39, 0.29) is 16.9 Å². The molecule has 0 saturated heterocycles. The molecule has 3 rings (SSSR count). The van der Waals surface area contributed by atoms with E-state index in [0.29, 0.717) is 29.3 Å². The van der Waals surface area contributed by atoms with Gasteiger partial charge in [0.25, 0.3) is 11.5 Å². The zero-order chi connectivity index (χ0) is 18.0. The highest BCUT2D eigenvalue weighted by molar-refractivity contribution is 7.09. The van der Waals surface area contributed by atoms with Gasteiger partial charge in [-0.05, 0) is 6.07 Å². The van der Waals surface area contributed by atoms with Gasteiger partial charge in [0.2, 0.25) is 0 Å². The Morgan fingerprint density at radius 2 is 1.96 bits per heavy atom. The molecule has 25 heavy (non-hydrogen) atoms. The summed E-state index contributed by atoms with van der Waals surface area (Å²) in [5.41, 5.74) is 1.40. The summed E-state index contributed by atoms with van der Waals surface area (Å²) in [6, 6.07) is 7.11. The second-order valence-corrected chi connectivity index (χ2v) is 7.90. The molecule has 3 aromatic rings. The Hall–Kier alpha value is -2.47. The summed E-state index contributed by atoms with van der Waals surface area (Å²) in [4.78, 5) is 31.6. The fourth-order valence-electron chi connectivity index (χ4n) is 2.55. The van der Waals surface area contributed by atoms with Gasteiger partial charge in [-0.1, -0.05) is 39.0 Å². The van der Waals surface area contributed by atoms with Crippen LogP contribution in [0, 0.1) is 0 Å². The number of amides is 1. The Kier molecular flexibility index (Phi) is 4.72. The highest BCUT2D eigenvalue weighted by Crippen LogP contribution is 2.24. The molecule has 130 valence electrons. The van der Waals surface area contributed by atoms with Gasteiger partial charge in [0.05, 0.1) is 16.3 Å². The first-order valence-electron chi connectivity index (χ1n) is 8.20. The van der Waals surface area contributed by atoms with Crippen molar-refractivity contribution >= 4 is 28.0 Å². The lowest BCUT2D eigenvalue weighted by atomic mass is 9.93. The number of carbonyl (C=O) groups excluding carboxylic acids is 1. The number of aromatic nitrogens is 2. The molecule has 0 saturated carbocycles. The van der Waals surface area contributed by atoms with Crippen LogP contribution in [0.1, 0.15) is 41.8 Å². The topological polar surface area (TPSA) is 74.8 Å². The van der Waals surface area contributed by atoms with Gasteiger partial charge in [0, 0.05) is 40.7 Å². The van der Waals surface area contributed by atoms with Crippen LogP contribution in [0.5, 0.6) is 0 Å². The predicted octanol–water partition coefficient (Wildman–Crippen LogP) is 3.25. The first-order valence-corrected chi connectivity index (χ1v) is 9.08. The number of nitrogens with one attached hydrogen (secondary N) is 2. The highest BCUT2D eigenvalue weighted by Gasteiger charge is 2.17. The molecular formula is C19H21N3O2S. The first kappa shape index (κ1) is 17.4. The van der Waals surface area contributed by atoms with Crippen molar-refractivity contribution in [2.75, 3.05) is 6.54 Å².